The summed E-state index contributed by atoms with van der Waals surface area (Å²) in [5.41, 5.74) is 3.91. The van der Waals surface area contributed by atoms with E-state index in [1.165, 1.54) is 11.3 Å². The number of nitriles is 1. The van der Waals surface area contributed by atoms with Crippen LogP contribution in [0.25, 0.3) is 6.08 Å². The molecule has 1 aliphatic heterocycles. The van der Waals surface area contributed by atoms with Gasteiger partial charge in [0.1, 0.15) is 11.6 Å². The number of anilines is 1. The molecule has 1 unspecified atom stereocenters. The van der Waals surface area contributed by atoms with Gasteiger partial charge in [-0.05, 0) is 51.3 Å². The first-order chi connectivity index (χ1) is 12.5. The molecule has 1 saturated heterocycles. The van der Waals surface area contributed by atoms with Crippen molar-refractivity contribution in [1.82, 2.24) is 9.55 Å². The molecule has 2 aromatic heterocycles. The molecular weight excluding hydrogens is 348 g/mol. The quantitative estimate of drug-likeness (QED) is 0.644. The molecule has 0 radical (unpaired) electrons. The Hall–Kier alpha value is -2.43. The van der Waals surface area contributed by atoms with E-state index < -0.39 is 5.91 Å². The fraction of sp³-hybridized carbons (Fsp3) is 0.421. The lowest BCUT2D eigenvalue weighted by atomic mass is 10.1. The van der Waals surface area contributed by atoms with Crippen LogP contribution in [0.2, 0.25) is 0 Å². The van der Waals surface area contributed by atoms with Gasteiger partial charge in [0.15, 0.2) is 5.13 Å². The Kier molecular flexibility index (Phi) is 5.55. The minimum atomic E-state index is -0.439. The van der Waals surface area contributed by atoms with Gasteiger partial charge in [0.25, 0.3) is 5.91 Å². The second-order valence-electron chi connectivity index (χ2n) is 6.49. The number of amides is 1. The minimum absolute atomic E-state index is 0.0650. The van der Waals surface area contributed by atoms with Gasteiger partial charge in [-0.3, -0.25) is 10.1 Å². The lowest BCUT2D eigenvalue weighted by Crippen LogP contribution is -2.17. The third kappa shape index (κ3) is 4.03. The molecule has 0 bridgehead atoms. The fourth-order valence-corrected chi connectivity index (χ4v) is 3.81. The smallest absolute Gasteiger partial charge is 0.268 e. The molecule has 0 spiro atoms. The Balaban J connectivity index is 1.80. The van der Waals surface area contributed by atoms with Crippen molar-refractivity contribution in [1.29, 1.82) is 5.26 Å². The number of nitrogens with zero attached hydrogens (tertiary/aromatic N) is 3. The van der Waals surface area contributed by atoms with E-state index in [2.05, 4.69) is 14.9 Å². The second-order valence-corrected chi connectivity index (χ2v) is 7.35. The summed E-state index contributed by atoms with van der Waals surface area (Å²) < 4.78 is 7.92. The number of carbonyl (C=O) groups excluding carboxylic acids is 1. The largest absolute Gasteiger partial charge is 0.376 e. The Bertz CT molecular complexity index is 882. The number of aryl methyl sites for hydroxylation is 2. The maximum atomic E-state index is 12.4. The van der Waals surface area contributed by atoms with Crippen LogP contribution in [-0.2, 0) is 16.1 Å². The Morgan fingerprint density at radius 1 is 1.54 bits per heavy atom. The first-order valence-electron chi connectivity index (χ1n) is 8.61. The first kappa shape index (κ1) is 18.4. The standard InChI is InChI=1S/C19H22N4O2S/c1-12-11-26-19(21-12)22-18(24)16(9-20)8-15-7-13(2)23(14(15)3)10-17-5-4-6-25-17/h7-8,11,17H,4-6,10H2,1-3H3,(H,21,22,24). The summed E-state index contributed by atoms with van der Waals surface area (Å²) in [4.78, 5) is 16.6. The lowest BCUT2D eigenvalue weighted by Gasteiger charge is -2.14. The van der Waals surface area contributed by atoms with Gasteiger partial charge in [0.2, 0.25) is 0 Å². The van der Waals surface area contributed by atoms with E-state index in [1.54, 1.807) is 6.08 Å². The average Bonchev–Trinajstić information content (AvgIpc) is 3.31. The van der Waals surface area contributed by atoms with Gasteiger partial charge in [0, 0.05) is 29.9 Å². The van der Waals surface area contributed by atoms with Gasteiger partial charge in [-0.15, -0.1) is 11.3 Å². The summed E-state index contributed by atoms with van der Waals surface area (Å²) >= 11 is 1.34. The van der Waals surface area contributed by atoms with Crippen molar-refractivity contribution in [3.63, 3.8) is 0 Å². The molecule has 0 saturated carbocycles. The third-order valence-electron chi connectivity index (χ3n) is 4.53. The van der Waals surface area contributed by atoms with Gasteiger partial charge in [-0.25, -0.2) is 4.98 Å². The normalized spacial score (nSPS) is 17.3. The first-order valence-corrected chi connectivity index (χ1v) is 9.49. The number of nitrogens with one attached hydrogen (secondary N) is 1. The zero-order valence-electron chi connectivity index (χ0n) is 15.2. The maximum Gasteiger partial charge on any atom is 0.268 e. The zero-order chi connectivity index (χ0) is 18.7. The molecule has 1 amide bonds. The second kappa shape index (κ2) is 7.85. The summed E-state index contributed by atoms with van der Waals surface area (Å²) in [5.74, 6) is -0.439. The molecule has 3 rings (SSSR count). The van der Waals surface area contributed by atoms with E-state index in [0.29, 0.717) is 5.13 Å². The van der Waals surface area contributed by atoms with Gasteiger partial charge in [-0.1, -0.05) is 0 Å². The van der Waals surface area contributed by atoms with E-state index in [0.717, 1.165) is 48.6 Å². The van der Waals surface area contributed by atoms with Crippen LogP contribution in [0.5, 0.6) is 0 Å². The molecule has 3 heterocycles. The molecular formula is C19H22N4O2S. The van der Waals surface area contributed by atoms with Crippen molar-refractivity contribution in [2.45, 2.75) is 46.3 Å². The summed E-state index contributed by atoms with van der Waals surface area (Å²) in [6.45, 7) is 7.52. The summed E-state index contributed by atoms with van der Waals surface area (Å²) in [7, 11) is 0. The molecule has 0 aromatic carbocycles. The van der Waals surface area contributed by atoms with Crippen molar-refractivity contribution in [3.05, 3.63) is 39.7 Å². The molecule has 136 valence electrons. The van der Waals surface area contributed by atoms with Crippen LogP contribution in [0.1, 0.15) is 35.5 Å². The molecule has 1 N–H and O–H groups in total. The number of thiazole rings is 1. The molecule has 7 heteroatoms. The molecule has 0 aliphatic carbocycles. The molecule has 2 aromatic rings. The van der Waals surface area contributed by atoms with Crippen LogP contribution in [-0.4, -0.2) is 28.2 Å². The van der Waals surface area contributed by atoms with E-state index in [9.17, 15) is 10.1 Å². The topological polar surface area (TPSA) is 79.9 Å². The Labute approximate surface area is 157 Å². The predicted molar refractivity (Wildman–Crippen MR) is 102 cm³/mol. The van der Waals surface area contributed by atoms with E-state index in [1.807, 2.05) is 38.3 Å². The fourth-order valence-electron chi connectivity index (χ4n) is 3.13. The van der Waals surface area contributed by atoms with Crippen molar-refractivity contribution >= 4 is 28.5 Å². The van der Waals surface area contributed by atoms with Gasteiger partial charge < -0.3 is 9.30 Å². The molecule has 1 aliphatic rings. The predicted octanol–water partition coefficient (Wildman–Crippen LogP) is 3.59. The third-order valence-corrected chi connectivity index (χ3v) is 5.40. The van der Waals surface area contributed by atoms with Crippen molar-refractivity contribution < 1.29 is 9.53 Å². The molecule has 6 nitrogen and oxygen atoms in total. The molecule has 26 heavy (non-hydrogen) atoms. The van der Waals surface area contributed by atoms with Gasteiger partial charge >= 0.3 is 0 Å². The summed E-state index contributed by atoms with van der Waals surface area (Å²) in [6, 6.07) is 4.00. The highest BCUT2D eigenvalue weighted by molar-refractivity contribution is 7.13. The SMILES string of the molecule is Cc1csc(NC(=O)C(C#N)=Cc2cc(C)n(CC3CCCO3)c2C)n1. The van der Waals surface area contributed by atoms with Crippen LogP contribution < -0.4 is 5.32 Å². The lowest BCUT2D eigenvalue weighted by molar-refractivity contribution is -0.112. The highest BCUT2D eigenvalue weighted by atomic mass is 32.1. The van der Waals surface area contributed by atoms with Crippen molar-refractivity contribution in [2.75, 3.05) is 11.9 Å². The highest BCUT2D eigenvalue weighted by Crippen LogP contribution is 2.22. The number of ether oxygens (including phenoxy) is 1. The highest BCUT2D eigenvalue weighted by Gasteiger charge is 2.19. The van der Waals surface area contributed by atoms with Crippen molar-refractivity contribution in [3.8, 4) is 6.07 Å². The Morgan fingerprint density at radius 2 is 2.35 bits per heavy atom. The number of rotatable bonds is 5. The maximum absolute atomic E-state index is 12.4. The van der Waals surface area contributed by atoms with Gasteiger partial charge in [0.05, 0.1) is 11.8 Å². The summed E-state index contributed by atoms with van der Waals surface area (Å²) in [6.07, 6.45) is 4.06. The van der Waals surface area contributed by atoms with E-state index in [4.69, 9.17) is 4.74 Å². The van der Waals surface area contributed by atoms with Crippen molar-refractivity contribution in [2.24, 2.45) is 0 Å². The van der Waals surface area contributed by atoms with Crippen LogP contribution in [0.4, 0.5) is 5.13 Å². The molecule has 1 fully saturated rings. The number of hydrogen-bond donors (Lipinski definition) is 1. The number of hydrogen-bond acceptors (Lipinski definition) is 5. The number of aromatic nitrogens is 2. The monoisotopic (exact) mass is 370 g/mol. The van der Waals surface area contributed by atoms with Crippen LogP contribution in [0, 0.1) is 32.1 Å². The van der Waals surface area contributed by atoms with Crippen LogP contribution in [0.15, 0.2) is 17.0 Å². The summed E-state index contributed by atoms with van der Waals surface area (Å²) in [5, 5.41) is 14.4. The Morgan fingerprint density at radius 3 is 2.96 bits per heavy atom. The van der Waals surface area contributed by atoms with E-state index in [-0.39, 0.29) is 11.7 Å². The zero-order valence-corrected chi connectivity index (χ0v) is 16.0. The van der Waals surface area contributed by atoms with Crippen LogP contribution in [0.3, 0.4) is 0 Å². The molecule has 1 atom stereocenters. The van der Waals surface area contributed by atoms with E-state index >= 15 is 0 Å². The number of carbonyl (C=O) groups is 1. The van der Waals surface area contributed by atoms with Crippen LogP contribution >= 0.6 is 11.3 Å². The van der Waals surface area contributed by atoms with Gasteiger partial charge in [-0.2, -0.15) is 5.26 Å². The minimum Gasteiger partial charge on any atom is -0.376 e. The average molecular weight is 370 g/mol.